The molecule has 2 N–H and O–H groups in total. The van der Waals surface area contributed by atoms with Gasteiger partial charge in [-0.3, -0.25) is 9.59 Å². The number of rotatable bonds is 3. The average molecular weight is 354 g/mol. The van der Waals surface area contributed by atoms with Crippen LogP contribution < -0.4 is 10.7 Å². The molecule has 6 nitrogen and oxygen atoms in total. The number of anilines is 1. The van der Waals surface area contributed by atoms with Crippen LogP contribution in [-0.4, -0.2) is 21.6 Å². The highest BCUT2D eigenvalue weighted by atomic mass is 16.4. The molecule has 2 heterocycles. The van der Waals surface area contributed by atoms with Crippen molar-refractivity contribution < 1.29 is 14.7 Å². The van der Waals surface area contributed by atoms with Gasteiger partial charge in [-0.15, -0.1) is 0 Å². The zero-order chi connectivity index (χ0) is 18.6. The summed E-state index contributed by atoms with van der Waals surface area (Å²) in [4.78, 5) is 36.5. The van der Waals surface area contributed by atoms with Gasteiger partial charge in [-0.2, -0.15) is 0 Å². The van der Waals surface area contributed by atoms with Crippen molar-refractivity contribution in [2.24, 2.45) is 5.92 Å². The van der Waals surface area contributed by atoms with Gasteiger partial charge >= 0.3 is 5.97 Å². The van der Waals surface area contributed by atoms with Crippen molar-refractivity contribution in [2.75, 3.05) is 5.32 Å². The Hall–Kier alpha value is -2.63. The molecular formula is C20H22N2O4. The topological polar surface area (TPSA) is 88.4 Å². The van der Waals surface area contributed by atoms with E-state index in [1.165, 1.54) is 6.20 Å². The fourth-order valence-corrected chi connectivity index (χ4v) is 4.39. The Labute approximate surface area is 150 Å². The number of hydrogen-bond donors (Lipinski definition) is 2. The second kappa shape index (κ2) is 5.97. The smallest absolute Gasteiger partial charge is 0.341 e. The van der Waals surface area contributed by atoms with Gasteiger partial charge in [0.2, 0.25) is 11.3 Å². The first-order valence-electron chi connectivity index (χ1n) is 9.15. The summed E-state index contributed by atoms with van der Waals surface area (Å²) in [5.74, 6) is -1.24. The van der Waals surface area contributed by atoms with Crippen LogP contribution >= 0.6 is 0 Å². The molecule has 136 valence electrons. The third-order valence-corrected chi connectivity index (χ3v) is 5.66. The molecule has 0 radical (unpaired) electrons. The molecule has 2 aliphatic rings. The Balaban J connectivity index is 1.97. The predicted molar refractivity (Wildman–Crippen MR) is 98.9 cm³/mol. The molecule has 2 unspecified atom stereocenters. The minimum Gasteiger partial charge on any atom is -0.477 e. The first-order chi connectivity index (χ1) is 12.4. The molecule has 1 fully saturated rings. The lowest BCUT2D eigenvalue weighted by Gasteiger charge is -2.27. The summed E-state index contributed by atoms with van der Waals surface area (Å²) >= 11 is 0. The summed E-state index contributed by atoms with van der Waals surface area (Å²) in [5.41, 5.74) is 1.77. The van der Waals surface area contributed by atoms with E-state index in [-0.39, 0.29) is 29.3 Å². The van der Waals surface area contributed by atoms with Crippen LogP contribution in [0.25, 0.3) is 10.9 Å². The second-order valence-corrected chi connectivity index (χ2v) is 7.65. The van der Waals surface area contributed by atoms with Crippen molar-refractivity contribution in [2.45, 2.75) is 51.5 Å². The van der Waals surface area contributed by atoms with Crippen LogP contribution in [-0.2, 0) is 4.79 Å². The highest BCUT2D eigenvalue weighted by molar-refractivity contribution is 5.98. The number of carboxylic acids is 1. The molecule has 1 aliphatic carbocycles. The molecule has 0 saturated heterocycles. The largest absolute Gasteiger partial charge is 0.477 e. The van der Waals surface area contributed by atoms with Crippen molar-refractivity contribution >= 4 is 28.5 Å². The maximum atomic E-state index is 12.8. The quantitative estimate of drug-likeness (QED) is 0.883. The van der Waals surface area contributed by atoms with Crippen molar-refractivity contribution in [3.8, 4) is 0 Å². The summed E-state index contributed by atoms with van der Waals surface area (Å²) in [6.07, 6.45) is 5.72. The van der Waals surface area contributed by atoms with E-state index in [4.69, 9.17) is 0 Å². The van der Waals surface area contributed by atoms with E-state index < -0.39 is 11.4 Å². The molecule has 26 heavy (non-hydrogen) atoms. The Morgan fingerprint density at radius 3 is 2.65 bits per heavy atom. The second-order valence-electron chi connectivity index (χ2n) is 7.65. The van der Waals surface area contributed by atoms with E-state index in [1.54, 1.807) is 6.07 Å². The predicted octanol–water partition coefficient (Wildman–Crippen LogP) is 3.51. The Morgan fingerprint density at radius 2 is 1.96 bits per heavy atom. The van der Waals surface area contributed by atoms with Crippen LogP contribution in [0.4, 0.5) is 5.69 Å². The van der Waals surface area contributed by atoms with Gasteiger partial charge in [0.05, 0.1) is 5.52 Å². The number of fused-ring (bicyclic) bond motifs is 3. The van der Waals surface area contributed by atoms with Crippen molar-refractivity contribution in [1.82, 2.24) is 4.57 Å². The van der Waals surface area contributed by atoms with Gasteiger partial charge in [0.25, 0.3) is 0 Å². The van der Waals surface area contributed by atoms with Crippen LogP contribution in [0.1, 0.15) is 67.4 Å². The van der Waals surface area contributed by atoms with Gasteiger partial charge in [-0.1, -0.05) is 26.7 Å². The minimum atomic E-state index is -1.21. The number of nitrogens with one attached hydrogen (secondary N) is 1. The number of amides is 1. The normalized spacial score (nSPS) is 21.0. The Morgan fingerprint density at radius 1 is 1.23 bits per heavy atom. The lowest BCUT2D eigenvalue weighted by molar-refractivity contribution is -0.118. The fourth-order valence-electron chi connectivity index (χ4n) is 4.39. The number of benzene rings is 1. The molecule has 1 aliphatic heterocycles. The number of carbonyl (C=O) groups excluding carboxylic acids is 1. The minimum absolute atomic E-state index is 0.121. The third kappa shape index (κ3) is 2.43. The molecule has 1 saturated carbocycles. The highest BCUT2D eigenvalue weighted by Gasteiger charge is 2.37. The van der Waals surface area contributed by atoms with E-state index in [2.05, 4.69) is 5.32 Å². The molecular weight excluding hydrogens is 332 g/mol. The molecule has 4 rings (SSSR count). The first kappa shape index (κ1) is 16.8. The van der Waals surface area contributed by atoms with Gasteiger partial charge in [0, 0.05) is 35.1 Å². The van der Waals surface area contributed by atoms with E-state index in [1.807, 2.05) is 24.5 Å². The number of hydrogen-bond acceptors (Lipinski definition) is 3. The zero-order valence-electron chi connectivity index (χ0n) is 14.9. The molecule has 2 aromatic rings. The maximum Gasteiger partial charge on any atom is 0.341 e. The van der Waals surface area contributed by atoms with Gasteiger partial charge in [-0.05, 0) is 30.5 Å². The van der Waals surface area contributed by atoms with Gasteiger partial charge < -0.3 is 15.0 Å². The molecule has 1 amide bonds. The van der Waals surface area contributed by atoms with E-state index in [0.717, 1.165) is 36.8 Å². The summed E-state index contributed by atoms with van der Waals surface area (Å²) in [6.45, 7) is 3.62. The third-order valence-electron chi connectivity index (χ3n) is 5.66. The van der Waals surface area contributed by atoms with Crippen LogP contribution in [0.5, 0.6) is 0 Å². The number of aromatic carboxylic acids is 1. The van der Waals surface area contributed by atoms with Crippen LogP contribution in [0, 0.1) is 5.92 Å². The van der Waals surface area contributed by atoms with Crippen LogP contribution in [0.15, 0.2) is 23.1 Å². The van der Waals surface area contributed by atoms with Crippen LogP contribution in [0.3, 0.4) is 0 Å². The lowest BCUT2D eigenvalue weighted by Crippen LogP contribution is -2.21. The monoisotopic (exact) mass is 354 g/mol. The summed E-state index contributed by atoms with van der Waals surface area (Å²) in [6, 6.07) is 3.78. The van der Waals surface area contributed by atoms with Crippen molar-refractivity contribution in [3.05, 3.63) is 39.7 Å². The number of aromatic nitrogens is 1. The number of pyridine rings is 1. The maximum absolute atomic E-state index is 12.8. The first-order valence-corrected chi connectivity index (χ1v) is 9.15. The number of carbonyl (C=O) groups is 2. The summed E-state index contributed by atoms with van der Waals surface area (Å²) in [7, 11) is 0. The lowest BCUT2D eigenvalue weighted by atomic mass is 9.82. The van der Waals surface area contributed by atoms with Crippen molar-refractivity contribution in [3.63, 3.8) is 0 Å². The molecule has 0 bridgehead atoms. The molecule has 2 atom stereocenters. The zero-order valence-corrected chi connectivity index (χ0v) is 14.9. The van der Waals surface area contributed by atoms with Crippen molar-refractivity contribution in [1.29, 1.82) is 0 Å². The Kier molecular flexibility index (Phi) is 3.86. The van der Waals surface area contributed by atoms with E-state index in [0.29, 0.717) is 11.1 Å². The summed E-state index contributed by atoms with van der Waals surface area (Å²) in [5, 5.41) is 12.7. The molecule has 1 aromatic carbocycles. The standard InChI is InChI=1S/C20H22N2O4/c1-10(2)19(24)21-11-7-13-12-5-3-4-6-16(12)22-9-15(20(25)26)18(23)14(8-11)17(13)22/h7-10,12,16H,3-6H2,1-2H3,(H,21,24)(H,25,26). The van der Waals surface area contributed by atoms with Gasteiger partial charge in [-0.25, -0.2) is 4.79 Å². The molecule has 0 spiro atoms. The van der Waals surface area contributed by atoms with E-state index >= 15 is 0 Å². The number of carboxylic acid groups (broad SMARTS) is 1. The fraction of sp³-hybridized carbons (Fsp3) is 0.450. The average Bonchev–Trinajstić information content (AvgIpc) is 2.92. The van der Waals surface area contributed by atoms with Gasteiger partial charge in [0.1, 0.15) is 5.56 Å². The highest BCUT2D eigenvalue weighted by Crippen LogP contribution is 2.49. The Bertz CT molecular complexity index is 989. The van der Waals surface area contributed by atoms with Crippen LogP contribution in [0.2, 0.25) is 0 Å². The SMILES string of the molecule is CC(C)C(=O)Nc1cc2c3c(c1)c(=O)c(C(=O)O)cn3C1CCCCC21. The number of nitrogens with zero attached hydrogens (tertiary/aromatic N) is 1. The molecule has 6 heteroatoms. The van der Waals surface area contributed by atoms with Gasteiger partial charge in [0.15, 0.2) is 0 Å². The molecule has 1 aromatic heterocycles. The van der Waals surface area contributed by atoms with E-state index in [9.17, 15) is 19.5 Å². The summed E-state index contributed by atoms with van der Waals surface area (Å²) < 4.78 is 1.99.